The number of amides is 1. The predicted octanol–water partition coefficient (Wildman–Crippen LogP) is 20.4. The van der Waals surface area contributed by atoms with Crippen LogP contribution in [0.15, 0.2) is 104 Å². The van der Waals surface area contributed by atoms with Gasteiger partial charge >= 0.3 is 151 Å². The minimum Gasteiger partial charge on any atom is -0.502 e. The molecule has 0 aliphatic carbocycles. The largest absolute Gasteiger partial charge is 0.502 e. The van der Waals surface area contributed by atoms with Gasteiger partial charge in [0.2, 0.25) is 0 Å². The number of carbonyl (C=O) groups is 1. The Kier molecular flexibility index (Phi) is 41.2. The van der Waals surface area contributed by atoms with E-state index in [0.717, 1.165) is 50.8 Å². The number of halogens is 8. The minimum atomic E-state index is -2.24. The second-order valence-electron chi connectivity index (χ2n) is 19.5. The average Bonchev–Trinajstić information content (AvgIpc) is 3.83. The van der Waals surface area contributed by atoms with Crippen LogP contribution in [0.25, 0.3) is 0 Å². The molecule has 1 aliphatic rings. The number of nitrogens with zero attached hydrogens (tertiary/aromatic N) is 2. The van der Waals surface area contributed by atoms with Gasteiger partial charge in [-0.05, 0) is 79.2 Å². The molecule has 3 aromatic carbocycles. The maximum atomic E-state index is 11.9. The van der Waals surface area contributed by atoms with Gasteiger partial charge in [-0.25, -0.2) is 8.78 Å². The molecule has 8 nitrogen and oxygen atoms in total. The van der Waals surface area contributed by atoms with E-state index in [0.29, 0.717) is 55.2 Å². The van der Waals surface area contributed by atoms with Gasteiger partial charge < -0.3 is 19.3 Å². The van der Waals surface area contributed by atoms with Gasteiger partial charge in [-0.3, -0.25) is 0 Å². The number of anilines is 3. The topological polar surface area (TPSA) is 72.5 Å². The van der Waals surface area contributed by atoms with Gasteiger partial charge in [0.1, 0.15) is 12.1 Å². The van der Waals surface area contributed by atoms with Crippen molar-refractivity contribution in [1.82, 2.24) is 0 Å². The van der Waals surface area contributed by atoms with Crippen LogP contribution in [0.3, 0.4) is 0 Å². The number of para-hydroxylation sites is 2. The van der Waals surface area contributed by atoms with Crippen LogP contribution in [-0.2, 0) is 27.7 Å². The van der Waals surface area contributed by atoms with E-state index in [1.807, 2.05) is 27.7 Å². The van der Waals surface area contributed by atoms with Crippen molar-refractivity contribution in [3.8, 4) is 5.75 Å². The standard InChI is InChI=1S/C27H39N2.C15H21NO3.C7H13FO.C6H12O.C3H3F3.C2H2F2.2ClH.Ru/c1-18(2)22-11-9-12-23(19(3)4)26(22)28-15-16-29(17-28)27-24(20(5)6)13-10-14-25(27)21(7)8;1-10(2)9-18-15(17)16-13-6-7-14(12(5)8-13)19-11(3)4;1-3-4-5-9-6-7(2)8;1-3-5-6-7-4-2;1-2(4)3(5)6;1-2(3)4;;;/h9-14,17-21H,15-16H2,1-8H3;5-8,10-11H,9H2,1-4H3,(H,16,17);6H,3-5H2,1-2H3;4H,2-3,5-6H2,1H3;1H3;1H2;2*1H;/q-1;;;;;;;;+2/p-2. The molecule has 1 heterocycles. The number of ether oxygens (including phenoxy) is 4. The van der Waals surface area contributed by atoms with E-state index < -0.39 is 37.6 Å². The molecule has 440 valence electrons. The Labute approximate surface area is 472 Å². The van der Waals surface area contributed by atoms with Crippen molar-refractivity contribution in [2.75, 3.05) is 48.0 Å². The van der Waals surface area contributed by atoms with E-state index in [4.69, 9.17) is 38.3 Å². The van der Waals surface area contributed by atoms with Crippen LogP contribution in [0, 0.1) is 12.6 Å². The normalized spacial score (nSPS) is 11.9. The summed E-state index contributed by atoms with van der Waals surface area (Å²) in [5.41, 5.74) is 10.1. The molecule has 4 rings (SSSR count). The molecule has 0 spiro atoms. The van der Waals surface area contributed by atoms with Gasteiger partial charge in [0, 0.05) is 24.5 Å². The quantitative estimate of drug-likeness (QED) is 0.0397. The minimum absolute atomic E-state index is 0.0354. The predicted molar refractivity (Wildman–Crippen MR) is 311 cm³/mol. The van der Waals surface area contributed by atoms with Crippen molar-refractivity contribution < 1.29 is 63.6 Å². The first-order valence-electron chi connectivity index (χ1n) is 26.1. The van der Waals surface area contributed by atoms with Crippen molar-refractivity contribution in [2.24, 2.45) is 5.92 Å². The van der Waals surface area contributed by atoms with Crippen molar-refractivity contribution in [1.29, 1.82) is 0 Å². The Morgan fingerprint density at radius 3 is 1.47 bits per heavy atom. The summed E-state index contributed by atoms with van der Waals surface area (Å²) < 4.78 is 86.6. The zero-order chi connectivity index (χ0) is 59.4. The Hall–Kier alpha value is -4.46. The van der Waals surface area contributed by atoms with Crippen LogP contribution in [0.4, 0.5) is 48.2 Å². The van der Waals surface area contributed by atoms with Crippen LogP contribution >= 0.6 is 19.4 Å². The van der Waals surface area contributed by atoms with E-state index in [9.17, 15) is 31.1 Å². The number of allylic oxidation sites excluding steroid dienone is 2. The molecular formula is C60H90Cl2F6N3O5Ru-. The van der Waals surface area contributed by atoms with Gasteiger partial charge in [-0.15, -0.1) is 0 Å². The maximum Gasteiger partial charge on any atom is 0.301 e. The Balaban J connectivity index is 0. The van der Waals surface area contributed by atoms with Crippen molar-refractivity contribution in [2.45, 2.75) is 166 Å². The number of benzene rings is 3. The molecule has 1 saturated heterocycles. The van der Waals surface area contributed by atoms with Crippen LogP contribution < -0.4 is 19.9 Å². The van der Waals surface area contributed by atoms with Crippen molar-refractivity contribution in [3.63, 3.8) is 0 Å². The molecule has 0 bridgehead atoms. The molecule has 0 saturated carbocycles. The monoisotopic (exact) mass is 1220 g/mol. The van der Waals surface area contributed by atoms with Gasteiger partial charge in [0.05, 0.1) is 19.5 Å². The summed E-state index contributed by atoms with van der Waals surface area (Å²) in [4.78, 5) is 16.7. The number of carbonyl (C=O) groups excluding carboxylic acids is 1. The molecule has 0 aromatic heterocycles. The summed E-state index contributed by atoms with van der Waals surface area (Å²) in [6.07, 6.45) is 2.50. The fourth-order valence-electron chi connectivity index (χ4n) is 6.78. The van der Waals surface area contributed by atoms with Gasteiger partial charge in [-0.2, -0.15) is 24.2 Å². The Bertz CT molecular complexity index is 2110. The molecule has 1 aliphatic heterocycles. The molecule has 3 aromatic rings. The second-order valence-corrected chi connectivity index (χ2v) is 25.2. The van der Waals surface area contributed by atoms with Gasteiger partial charge in [0.25, 0.3) is 6.08 Å². The van der Waals surface area contributed by atoms with Crippen molar-refractivity contribution >= 4 is 47.1 Å². The first kappa shape index (κ1) is 74.6. The molecular weight excluding hydrogens is 1130 g/mol. The maximum absolute atomic E-state index is 11.9. The van der Waals surface area contributed by atoms with Gasteiger partial charge in [0.15, 0.2) is 5.83 Å². The summed E-state index contributed by atoms with van der Waals surface area (Å²) in [7, 11) is 11.9. The third-order valence-corrected chi connectivity index (χ3v) is 12.2. The second kappa shape index (κ2) is 42.5. The molecule has 0 atom stereocenters. The van der Waals surface area contributed by atoms with Crippen LogP contribution in [0.1, 0.15) is 188 Å². The third-order valence-electron chi connectivity index (χ3n) is 10.3. The van der Waals surface area contributed by atoms with E-state index in [2.05, 4.69) is 141 Å². The molecule has 1 fully saturated rings. The zero-order valence-corrected chi connectivity index (χ0v) is 51.8. The summed E-state index contributed by atoms with van der Waals surface area (Å²) in [6.45, 7) is 44.5. The molecule has 0 unspecified atom stereocenters. The van der Waals surface area contributed by atoms with Crippen LogP contribution in [0.2, 0.25) is 0 Å². The smallest absolute Gasteiger partial charge is 0.301 e. The number of hydrogen-bond acceptors (Lipinski definition) is 7. The SMILES string of the molecule is C=C(F)F.C=COCCCC.CC(C)COC(=O)Nc1ccc(OC(C)C)c([CH]=[Ru]([Cl])[Cl])c1.CC(C)c1cccc(C(C)C)c1N1[CH-]N(c2c(C(C)C)cccc2C(C)C)CC1.CC(F)=C(F)F.CCCCOC=C(C)F. The van der Waals surface area contributed by atoms with Gasteiger partial charge in [-0.1, -0.05) is 125 Å². The van der Waals surface area contributed by atoms with E-state index in [-0.39, 0.29) is 17.8 Å². The van der Waals surface area contributed by atoms with E-state index in [1.54, 1.807) is 22.8 Å². The Morgan fingerprint density at radius 2 is 1.14 bits per heavy atom. The number of nitrogens with one attached hydrogen (secondary N) is 1. The summed E-state index contributed by atoms with van der Waals surface area (Å²) in [6, 6.07) is 19.0. The number of rotatable bonds is 20. The third kappa shape index (κ3) is 34.2. The van der Waals surface area contributed by atoms with E-state index in [1.165, 1.54) is 53.2 Å². The molecule has 77 heavy (non-hydrogen) atoms. The summed E-state index contributed by atoms with van der Waals surface area (Å²) in [5, 5.41) is 2.68. The fraction of sp³-hybridized carbons (Fsp3) is 0.517. The molecule has 1 N–H and O–H groups in total. The summed E-state index contributed by atoms with van der Waals surface area (Å²) in [5.74, 6) is 1.36. The molecule has 17 heteroatoms. The summed E-state index contributed by atoms with van der Waals surface area (Å²) >= 11 is -2.00. The van der Waals surface area contributed by atoms with Crippen LogP contribution in [-0.4, -0.2) is 49.7 Å². The zero-order valence-electron chi connectivity index (χ0n) is 48.6. The fourth-order valence-corrected chi connectivity index (χ4v) is 8.57. The molecule has 0 radical (unpaired) electrons. The van der Waals surface area contributed by atoms with Crippen LogP contribution in [0.5, 0.6) is 5.75 Å². The molecule has 1 amide bonds. The first-order chi connectivity index (χ1) is 36.1. The van der Waals surface area contributed by atoms with E-state index >= 15 is 0 Å². The first-order valence-corrected chi connectivity index (χ1v) is 31.6. The number of unbranched alkanes of at least 4 members (excludes halogenated alkanes) is 2. The Morgan fingerprint density at radius 1 is 0.727 bits per heavy atom. The number of hydrogen-bond donors (Lipinski definition) is 1. The van der Waals surface area contributed by atoms with Crippen molar-refractivity contribution in [3.05, 3.63) is 139 Å². The average molecular weight is 1220 g/mol.